The molecule has 200 valence electrons. The van der Waals surface area contributed by atoms with Crippen molar-refractivity contribution in [1.29, 1.82) is 0 Å². The molecule has 0 unspecified atom stereocenters. The van der Waals surface area contributed by atoms with E-state index in [1.54, 1.807) is 4.68 Å². The van der Waals surface area contributed by atoms with Gasteiger partial charge in [0.05, 0.1) is 23.0 Å². The van der Waals surface area contributed by atoms with E-state index in [2.05, 4.69) is 44.7 Å². The smallest absolute Gasteiger partial charge is 0.256 e. The molecule has 4 aromatic rings. The Morgan fingerprint density at radius 3 is 2.62 bits per heavy atom. The van der Waals surface area contributed by atoms with Gasteiger partial charge in [0.2, 0.25) is 0 Å². The monoisotopic (exact) mass is 523 g/mol. The first kappa shape index (κ1) is 26.1. The molecule has 0 fully saturated rings. The fourth-order valence-electron chi connectivity index (χ4n) is 4.95. The number of amides is 2. The lowest BCUT2D eigenvalue weighted by Crippen LogP contribution is -2.35. The lowest BCUT2D eigenvalue weighted by molar-refractivity contribution is -0.110. The van der Waals surface area contributed by atoms with Gasteiger partial charge < -0.3 is 20.5 Å². The Morgan fingerprint density at radius 1 is 1.10 bits per heavy atom. The quantitative estimate of drug-likeness (QED) is 0.281. The van der Waals surface area contributed by atoms with Crippen LogP contribution in [-0.2, 0) is 4.79 Å². The number of fused-ring (bicyclic) bond motifs is 1. The molecule has 39 heavy (non-hydrogen) atoms. The maximum Gasteiger partial charge on any atom is 0.256 e. The number of likely N-dealkylation sites (N-methyl/N-ethyl adjacent to an activating group) is 1. The van der Waals surface area contributed by atoms with Gasteiger partial charge >= 0.3 is 0 Å². The number of anilines is 1. The summed E-state index contributed by atoms with van der Waals surface area (Å²) in [5.41, 5.74) is 7.48. The Labute approximate surface area is 227 Å². The third kappa shape index (κ3) is 5.26. The normalized spacial score (nSPS) is 13.7. The zero-order valence-corrected chi connectivity index (χ0v) is 22.7. The number of aryl methyl sites for hydroxylation is 1. The number of nitrogens with zero attached hydrogens (tertiary/aromatic N) is 4. The molecule has 2 amide bonds. The number of rotatable bonds is 9. The number of aromatic nitrogens is 4. The summed E-state index contributed by atoms with van der Waals surface area (Å²) in [6, 6.07) is 15.6. The van der Waals surface area contributed by atoms with Crippen LogP contribution in [0.15, 0.2) is 54.7 Å². The maximum absolute atomic E-state index is 13.0. The number of nitrogens with one attached hydrogen (secondary N) is 3. The highest BCUT2D eigenvalue weighted by molar-refractivity contribution is 6.35. The third-order valence-electron chi connectivity index (χ3n) is 7.21. The van der Waals surface area contributed by atoms with Crippen molar-refractivity contribution in [3.8, 4) is 16.9 Å². The van der Waals surface area contributed by atoms with Crippen molar-refractivity contribution in [2.24, 2.45) is 0 Å². The average molecular weight is 524 g/mol. The predicted octanol–water partition coefficient (Wildman–Crippen LogP) is 4.44. The Kier molecular flexibility index (Phi) is 7.42. The van der Waals surface area contributed by atoms with Crippen molar-refractivity contribution in [2.75, 3.05) is 31.5 Å². The lowest BCUT2D eigenvalue weighted by Gasteiger charge is -2.18. The van der Waals surface area contributed by atoms with Gasteiger partial charge in [-0.25, -0.2) is 4.68 Å². The molecular weight excluding hydrogens is 490 g/mol. The number of hydrogen-bond donors (Lipinski definition) is 3. The molecule has 0 atom stereocenters. The second kappa shape index (κ2) is 11.1. The molecule has 9 heteroatoms. The third-order valence-corrected chi connectivity index (χ3v) is 7.21. The van der Waals surface area contributed by atoms with Crippen molar-refractivity contribution in [2.45, 2.75) is 27.7 Å². The van der Waals surface area contributed by atoms with E-state index in [-0.39, 0.29) is 11.8 Å². The summed E-state index contributed by atoms with van der Waals surface area (Å²) in [5.74, 6) is -0.306. The molecular formula is C30H33N7O2. The van der Waals surface area contributed by atoms with Gasteiger partial charge in [0, 0.05) is 41.3 Å². The molecule has 3 N–H and O–H groups in total. The zero-order valence-electron chi connectivity index (χ0n) is 22.7. The largest absolute Gasteiger partial charge is 0.358 e. The highest BCUT2D eigenvalue weighted by atomic mass is 16.2. The minimum Gasteiger partial charge on any atom is -0.358 e. The van der Waals surface area contributed by atoms with Crippen molar-refractivity contribution < 1.29 is 9.59 Å². The summed E-state index contributed by atoms with van der Waals surface area (Å²) in [6.07, 6.45) is 3.69. The van der Waals surface area contributed by atoms with E-state index in [0.717, 1.165) is 64.8 Å². The highest BCUT2D eigenvalue weighted by Crippen LogP contribution is 2.35. The molecule has 0 saturated heterocycles. The molecule has 0 bridgehead atoms. The second-order valence-electron chi connectivity index (χ2n) is 9.60. The Bertz CT molecular complexity index is 1540. The second-order valence-corrected chi connectivity index (χ2v) is 9.60. The first-order valence-electron chi connectivity index (χ1n) is 13.2. The Morgan fingerprint density at radius 2 is 1.87 bits per heavy atom. The molecule has 2 aromatic heterocycles. The van der Waals surface area contributed by atoms with E-state index >= 15 is 0 Å². The minimum absolute atomic E-state index is 0.114. The summed E-state index contributed by atoms with van der Waals surface area (Å²) in [6.45, 7) is 11.3. The lowest BCUT2D eigenvalue weighted by atomic mass is 10.0. The van der Waals surface area contributed by atoms with Gasteiger partial charge in [0.25, 0.3) is 11.8 Å². The van der Waals surface area contributed by atoms with Crippen LogP contribution in [0.3, 0.4) is 0 Å². The molecule has 9 nitrogen and oxygen atoms in total. The molecule has 3 heterocycles. The van der Waals surface area contributed by atoms with Crippen LogP contribution in [0.4, 0.5) is 5.69 Å². The van der Waals surface area contributed by atoms with Gasteiger partial charge in [-0.2, -0.15) is 0 Å². The molecule has 1 aliphatic rings. The summed E-state index contributed by atoms with van der Waals surface area (Å²) in [4.78, 5) is 31.5. The van der Waals surface area contributed by atoms with Crippen molar-refractivity contribution in [3.05, 3.63) is 82.8 Å². The van der Waals surface area contributed by atoms with Crippen molar-refractivity contribution in [1.82, 2.24) is 30.2 Å². The number of hydrogen-bond acceptors (Lipinski definition) is 5. The van der Waals surface area contributed by atoms with Gasteiger partial charge in [-0.15, -0.1) is 5.10 Å². The number of H-pyrrole nitrogens is 1. The van der Waals surface area contributed by atoms with Crippen LogP contribution in [0.1, 0.15) is 46.7 Å². The van der Waals surface area contributed by atoms with E-state index in [1.807, 2.05) is 74.7 Å². The predicted molar refractivity (Wildman–Crippen MR) is 154 cm³/mol. The first-order valence-corrected chi connectivity index (χ1v) is 13.2. The molecule has 0 aliphatic carbocycles. The summed E-state index contributed by atoms with van der Waals surface area (Å²) >= 11 is 0. The first-order chi connectivity index (χ1) is 18.9. The summed E-state index contributed by atoms with van der Waals surface area (Å²) in [7, 11) is 0. The molecule has 1 aliphatic heterocycles. The van der Waals surface area contributed by atoms with Gasteiger partial charge in [0.15, 0.2) is 0 Å². The van der Waals surface area contributed by atoms with Gasteiger partial charge in [0.1, 0.15) is 5.69 Å². The number of benzene rings is 2. The van der Waals surface area contributed by atoms with Crippen LogP contribution >= 0.6 is 0 Å². The van der Waals surface area contributed by atoms with Crippen LogP contribution in [0.2, 0.25) is 0 Å². The number of carbonyl (C=O) groups is 2. The van der Waals surface area contributed by atoms with Crippen molar-refractivity contribution in [3.63, 3.8) is 0 Å². The minimum atomic E-state index is -0.192. The average Bonchev–Trinajstić information content (AvgIpc) is 3.63. The van der Waals surface area contributed by atoms with Crippen LogP contribution in [0, 0.1) is 13.8 Å². The molecule has 0 spiro atoms. The topological polar surface area (TPSA) is 108 Å². The molecule has 5 rings (SSSR count). The number of carbonyl (C=O) groups excluding carboxylic acids is 2. The van der Waals surface area contributed by atoms with E-state index in [9.17, 15) is 9.59 Å². The zero-order chi connectivity index (χ0) is 27.5. The van der Waals surface area contributed by atoms with Crippen LogP contribution in [0.25, 0.3) is 28.6 Å². The van der Waals surface area contributed by atoms with Crippen LogP contribution in [0.5, 0.6) is 0 Å². The highest BCUT2D eigenvalue weighted by Gasteiger charge is 2.26. The van der Waals surface area contributed by atoms with Gasteiger partial charge in [-0.3, -0.25) is 9.59 Å². The summed E-state index contributed by atoms with van der Waals surface area (Å²) in [5, 5.41) is 14.6. The van der Waals surface area contributed by atoms with Gasteiger partial charge in [-0.1, -0.05) is 49.4 Å². The van der Waals surface area contributed by atoms with Crippen LogP contribution in [-0.4, -0.2) is 62.9 Å². The molecule has 0 saturated carbocycles. The standard InChI is InChI=1S/C30H33N7O2/c1-5-36(6-2)15-14-31-30(39)28-19(3)26(32-20(28)4)17-24-23-16-22(12-13-25(23)33-29(24)38)37-18-27(34-35-37)21-10-8-7-9-11-21/h7-13,16-18,32H,5-6,14-15H2,1-4H3,(H,31,39)(H,33,38)/b24-17-. The van der Waals surface area contributed by atoms with E-state index in [0.29, 0.717) is 17.7 Å². The van der Waals surface area contributed by atoms with Crippen molar-refractivity contribution >= 4 is 29.2 Å². The molecule has 2 aromatic carbocycles. The van der Waals surface area contributed by atoms with E-state index in [1.165, 1.54) is 0 Å². The Balaban J connectivity index is 1.41. The number of aromatic amines is 1. The fraction of sp³-hybridized carbons (Fsp3) is 0.267. The SMILES string of the molecule is CCN(CC)CCNC(=O)c1c(C)[nH]c(/C=C2\C(=O)Nc3ccc(-n4cc(-c5ccccc5)nn4)cc32)c1C. The van der Waals surface area contributed by atoms with Gasteiger partial charge in [-0.05, 0) is 56.8 Å². The fourth-order valence-corrected chi connectivity index (χ4v) is 4.95. The summed E-state index contributed by atoms with van der Waals surface area (Å²) < 4.78 is 1.70. The molecule has 0 radical (unpaired) electrons. The van der Waals surface area contributed by atoms with E-state index < -0.39 is 0 Å². The maximum atomic E-state index is 13.0. The van der Waals surface area contributed by atoms with Crippen LogP contribution < -0.4 is 10.6 Å². The van der Waals surface area contributed by atoms with E-state index in [4.69, 9.17) is 0 Å². The Hall–Kier alpha value is -4.50.